The highest BCUT2D eigenvalue weighted by Gasteiger charge is 2.25. The average Bonchev–Trinajstić information content (AvgIpc) is 2.96. The molecule has 9 rings (SSSR count). The highest BCUT2D eigenvalue weighted by Crippen LogP contribution is 2.44. The van der Waals surface area contributed by atoms with E-state index >= 15 is 0 Å². The maximum Gasteiger partial charge on any atom is 0.196 e. The Bertz CT molecular complexity index is 2520. The van der Waals surface area contributed by atoms with Gasteiger partial charge in [-0.2, -0.15) is 0 Å². The molecule has 2 heterocycles. The van der Waals surface area contributed by atoms with Crippen LogP contribution in [0.1, 0.15) is 11.1 Å². The van der Waals surface area contributed by atoms with Crippen LogP contribution >= 0.6 is 0 Å². The van der Waals surface area contributed by atoms with Gasteiger partial charge < -0.3 is 9.97 Å². The topological polar surface area (TPSA) is 65.7 Å². The molecule has 0 aliphatic rings. The summed E-state index contributed by atoms with van der Waals surface area (Å²) in [4.78, 5) is 36.2. The second-order valence-electron chi connectivity index (χ2n) is 11.1. The molecular formula is C36H22N2O2. The van der Waals surface area contributed by atoms with Gasteiger partial charge in [0.1, 0.15) is 0 Å². The highest BCUT2D eigenvalue weighted by atomic mass is 16.1. The van der Waals surface area contributed by atoms with Crippen LogP contribution in [0.15, 0.2) is 94.5 Å². The molecule has 0 aliphatic heterocycles. The minimum Gasteiger partial charge on any atom is -0.354 e. The lowest BCUT2D eigenvalue weighted by Gasteiger charge is -2.19. The second-order valence-corrected chi connectivity index (χ2v) is 11.1. The predicted octanol–water partition coefficient (Wildman–Crippen LogP) is 8.34. The third-order valence-corrected chi connectivity index (χ3v) is 8.74. The van der Waals surface area contributed by atoms with E-state index in [4.69, 9.17) is 0 Å². The van der Waals surface area contributed by atoms with Gasteiger partial charge in [-0.25, -0.2) is 0 Å². The highest BCUT2D eigenvalue weighted by molar-refractivity contribution is 6.42. The van der Waals surface area contributed by atoms with Gasteiger partial charge in [-0.15, -0.1) is 0 Å². The van der Waals surface area contributed by atoms with Crippen molar-refractivity contribution in [3.8, 4) is 0 Å². The lowest BCUT2D eigenvalue weighted by Crippen LogP contribution is -2.11. The van der Waals surface area contributed by atoms with E-state index in [0.29, 0.717) is 21.5 Å². The van der Waals surface area contributed by atoms with Gasteiger partial charge >= 0.3 is 0 Å². The van der Waals surface area contributed by atoms with Crippen LogP contribution in [-0.2, 0) is 0 Å². The largest absolute Gasteiger partial charge is 0.354 e. The van der Waals surface area contributed by atoms with Gasteiger partial charge in [-0.05, 0) is 47.9 Å². The van der Waals surface area contributed by atoms with Crippen molar-refractivity contribution in [1.82, 2.24) is 9.97 Å². The molecule has 0 fully saturated rings. The van der Waals surface area contributed by atoms with E-state index < -0.39 is 0 Å². The zero-order valence-corrected chi connectivity index (χ0v) is 21.9. The molecule has 0 unspecified atom stereocenters. The molecule has 40 heavy (non-hydrogen) atoms. The smallest absolute Gasteiger partial charge is 0.196 e. The molecule has 4 nitrogen and oxygen atoms in total. The first-order valence-electron chi connectivity index (χ1n) is 13.5. The van der Waals surface area contributed by atoms with Gasteiger partial charge in [-0.3, -0.25) is 9.59 Å². The number of H-pyrrole nitrogens is 2. The Hall–Kier alpha value is -5.22. The van der Waals surface area contributed by atoms with Crippen molar-refractivity contribution in [2.45, 2.75) is 13.8 Å². The number of aryl methyl sites for hydroxylation is 2. The standard InChI is InChI=1S/C36H22N2O2/c1-17-11-13-23-25(15-17)37-33-29-27(23)19-7-3-5-9-21(19)36(40)32(29)34-30-28(24-14-12-18(2)16-26(24)38-34)20-8-4-6-10-22(20)35(39)31(30)33/h3-16,37-38H,1-2H3. The molecule has 0 saturated heterocycles. The van der Waals surface area contributed by atoms with Gasteiger partial charge in [0.2, 0.25) is 0 Å². The molecule has 7 aromatic carbocycles. The zero-order valence-electron chi connectivity index (χ0n) is 21.9. The maximum absolute atomic E-state index is 14.4. The van der Waals surface area contributed by atoms with Crippen LogP contribution in [0, 0.1) is 13.8 Å². The first-order chi connectivity index (χ1) is 19.5. The summed E-state index contributed by atoms with van der Waals surface area (Å²) >= 11 is 0. The molecule has 188 valence electrons. The van der Waals surface area contributed by atoms with Crippen molar-refractivity contribution in [3.63, 3.8) is 0 Å². The SMILES string of the molecule is Cc1ccc2c(c1)[nH]c1c3c(=O)c4ccccc4c4c5ccc(C)cc5[nH]c(c5c(=O)c6ccccc6c2c15)c34. The molecule has 2 aromatic heterocycles. The van der Waals surface area contributed by atoms with E-state index in [1.54, 1.807) is 0 Å². The summed E-state index contributed by atoms with van der Waals surface area (Å²) in [7, 11) is 0. The van der Waals surface area contributed by atoms with Crippen molar-refractivity contribution < 1.29 is 0 Å². The molecule has 2 N–H and O–H groups in total. The first-order valence-corrected chi connectivity index (χ1v) is 13.5. The summed E-state index contributed by atoms with van der Waals surface area (Å²) in [5.74, 6) is 0. The molecular weight excluding hydrogens is 492 g/mol. The predicted molar refractivity (Wildman–Crippen MR) is 168 cm³/mol. The van der Waals surface area contributed by atoms with Crippen molar-refractivity contribution in [2.24, 2.45) is 0 Å². The quantitative estimate of drug-likeness (QED) is 0.158. The van der Waals surface area contributed by atoms with Crippen LogP contribution in [-0.4, -0.2) is 9.97 Å². The van der Waals surface area contributed by atoms with Crippen molar-refractivity contribution >= 4 is 86.7 Å². The van der Waals surface area contributed by atoms with Gasteiger partial charge in [0.15, 0.2) is 10.9 Å². The summed E-state index contributed by atoms with van der Waals surface area (Å²) in [6.45, 7) is 4.14. The molecule has 4 heteroatoms. The number of hydrogen-bond donors (Lipinski definition) is 2. The number of nitrogens with one attached hydrogen (secondary N) is 2. The Balaban J connectivity index is 1.79. The van der Waals surface area contributed by atoms with E-state index in [1.165, 1.54) is 0 Å². The van der Waals surface area contributed by atoms with Crippen molar-refractivity contribution in [1.29, 1.82) is 0 Å². The fourth-order valence-electron chi connectivity index (χ4n) is 7.08. The molecule has 0 spiro atoms. The monoisotopic (exact) mass is 514 g/mol. The molecule has 9 aromatic rings. The Morgan fingerprint density at radius 3 is 1.25 bits per heavy atom. The molecule has 0 atom stereocenters. The number of pyridine rings is 2. The fourth-order valence-corrected chi connectivity index (χ4v) is 7.08. The lowest BCUT2D eigenvalue weighted by atomic mass is 9.87. The Morgan fingerprint density at radius 1 is 0.425 bits per heavy atom. The van der Waals surface area contributed by atoms with E-state index in [0.717, 1.165) is 76.3 Å². The first kappa shape index (κ1) is 21.7. The minimum atomic E-state index is -0.0278. The molecule has 0 saturated carbocycles. The zero-order chi connectivity index (χ0) is 26.9. The van der Waals surface area contributed by atoms with E-state index in [1.807, 2.05) is 48.5 Å². The van der Waals surface area contributed by atoms with Crippen LogP contribution in [0.5, 0.6) is 0 Å². The van der Waals surface area contributed by atoms with Crippen LogP contribution in [0.2, 0.25) is 0 Å². The summed E-state index contributed by atoms with van der Waals surface area (Å²) < 4.78 is 0. The number of hydrogen-bond acceptors (Lipinski definition) is 2. The molecule has 0 aliphatic carbocycles. The van der Waals surface area contributed by atoms with Crippen molar-refractivity contribution in [2.75, 3.05) is 0 Å². The van der Waals surface area contributed by atoms with Gasteiger partial charge in [0, 0.05) is 54.1 Å². The van der Waals surface area contributed by atoms with Crippen LogP contribution in [0.3, 0.4) is 0 Å². The lowest BCUT2D eigenvalue weighted by molar-refractivity contribution is 1.45. The molecule has 0 amide bonds. The summed E-state index contributed by atoms with van der Waals surface area (Å²) in [5, 5.41) is 10.1. The molecule has 0 bridgehead atoms. The van der Waals surface area contributed by atoms with Gasteiger partial charge in [0.25, 0.3) is 0 Å². The normalized spacial score (nSPS) is 12.4. The van der Waals surface area contributed by atoms with Crippen LogP contribution in [0.4, 0.5) is 0 Å². The van der Waals surface area contributed by atoms with Crippen LogP contribution < -0.4 is 10.9 Å². The summed E-state index contributed by atoms with van der Waals surface area (Å²) in [6, 6.07) is 28.4. The average molecular weight is 515 g/mol. The second kappa shape index (κ2) is 7.25. The third kappa shape index (κ3) is 2.51. The number of aromatic amines is 2. The molecule has 0 radical (unpaired) electrons. The Kier molecular flexibility index (Phi) is 3.93. The summed E-state index contributed by atoms with van der Waals surface area (Å²) in [6.07, 6.45) is 0. The van der Waals surface area contributed by atoms with Crippen LogP contribution in [0.25, 0.3) is 86.7 Å². The Morgan fingerprint density at radius 2 is 0.825 bits per heavy atom. The van der Waals surface area contributed by atoms with E-state index in [2.05, 4.69) is 60.2 Å². The number of benzene rings is 7. The number of aromatic nitrogens is 2. The van der Waals surface area contributed by atoms with E-state index in [-0.39, 0.29) is 10.9 Å². The van der Waals surface area contributed by atoms with Gasteiger partial charge in [0.05, 0.1) is 21.8 Å². The maximum atomic E-state index is 14.4. The number of fused-ring (bicyclic) bond motifs is 10. The minimum absolute atomic E-state index is 0.0278. The summed E-state index contributed by atoms with van der Waals surface area (Å²) in [5.41, 5.74) is 5.52. The Labute approximate surface area is 226 Å². The van der Waals surface area contributed by atoms with Crippen molar-refractivity contribution in [3.05, 3.63) is 117 Å². The van der Waals surface area contributed by atoms with E-state index in [9.17, 15) is 9.59 Å². The third-order valence-electron chi connectivity index (χ3n) is 8.74. The number of rotatable bonds is 0. The van der Waals surface area contributed by atoms with Gasteiger partial charge in [-0.1, -0.05) is 72.8 Å². The fraction of sp³-hybridized carbons (Fsp3) is 0.0556.